The zero-order valence-corrected chi connectivity index (χ0v) is 10.2. The molecule has 1 aliphatic rings. The first-order valence-electron chi connectivity index (χ1n) is 5.40. The van der Waals surface area contributed by atoms with Gasteiger partial charge in [-0.15, -0.1) is 12.4 Å². The monoisotopic (exact) mass is 243 g/mol. The molecule has 5 heteroatoms. The molecule has 4 nitrogen and oxygen atoms in total. The summed E-state index contributed by atoms with van der Waals surface area (Å²) in [7, 11) is 1.88. The summed E-state index contributed by atoms with van der Waals surface area (Å²) in [6, 6.07) is 4.00. The van der Waals surface area contributed by atoms with Crippen LogP contribution in [0.2, 0.25) is 0 Å². The molecule has 2 heterocycles. The number of nitrogens with zero attached hydrogens (tertiary/aromatic N) is 1. The second kappa shape index (κ2) is 5.92. The third-order valence-corrected chi connectivity index (χ3v) is 2.81. The van der Waals surface area contributed by atoms with Gasteiger partial charge in [-0.1, -0.05) is 0 Å². The second-order valence-corrected chi connectivity index (χ2v) is 4.02. The fourth-order valence-corrected chi connectivity index (χ4v) is 1.93. The Kier molecular flexibility index (Phi) is 4.83. The highest BCUT2D eigenvalue weighted by molar-refractivity contribution is 5.92. The molecule has 0 spiro atoms. The minimum absolute atomic E-state index is 0. The van der Waals surface area contributed by atoms with E-state index in [-0.39, 0.29) is 24.4 Å². The molecular formula is C11H18ClN3O. The van der Waals surface area contributed by atoms with Crippen molar-refractivity contribution in [3.8, 4) is 0 Å². The Labute approximate surface area is 102 Å². The number of aromatic nitrogens is 1. The van der Waals surface area contributed by atoms with Gasteiger partial charge >= 0.3 is 0 Å². The van der Waals surface area contributed by atoms with E-state index in [9.17, 15) is 4.79 Å². The molecule has 0 radical (unpaired) electrons. The summed E-state index contributed by atoms with van der Waals surface area (Å²) in [5.74, 6) is 0.0243. The van der Waals surface area contributed by atoms with Crippen molar-refractivity contribution >= 4 is 18.3 Å². The van der Waals surface area contributed by atoms with Crippen LogP contribution in [0.3, 0.4) is 0 Å². The Morgan fingerprint density at radius 1 is 1.62 bits per heavy atom. The summed E-state index contributed by atoms with van der Waals surface area (Å²) in [5.41, 5.74) is 0.723. The summed E-state index contributed by atoms with van der Waals surface area (Å²) < 4.78 is 1.84. The topological polar surface area (TPSA) is 46.1 Å². The first-order chi connectivity index (χ1) is 7.27. The molecule has 2 rings (SSSR count). The minimum Gasteiger partial charge on any atom is -0.347 e. The van der Waals surface area contributed by atoms with Gasteiger partial charge in [0.1, 0.15) is 5.69 Å². The predicted molar refractivity (Wildman–Crippen MR) is 66.0 cm³/mol. The Bertz CT molecular complexity index is 345. The van der Waals surface area contributed by atoms with Crippen molar-refractivity contribution in [3.05, 3.63) is 24.0 Å². The van der Waals surface area contributed by atoms with Crippen molar-refractivity contribution in [1.82, 2.24) is 15.2 Å². The van der Waals surface area contributed by atoms with Crippen molar-refractivity contribution in [2.75, 3.05) is 13.1 Å². The fourth-order valence-electron chi connectivity index (χ4n) is 1.93. The lowest BCUT2D eigenvalue weighted by molar-refractivity contribution is 0.0922. The van der Waals surface area contributed by atoms with Crippen LogP contribution in [0.15, 0.2) is 18.3 Å². The van der Waals surface area contributed by atoms with E-state index in [1.54, 1.807) is 0 Å². The van der Waals surface area contributed by atoms with E-state index in [4.69, 9.17) is 0 Å². The van der Waals surface area contributed by atoms with Gasteiger partial charge in [-0.2, -0.15) is 0 Å². The van der Waals surface area contributed by atoms with Gasteiger partial charge in [-0.25, -0.2) is 0 Å². The van der Waals surface area contributed by atoms with Gasteiger partial charge in [0.25, 0.3) is 5.91 Å². The van der Waals surface area contributed by atoms with Crippen LogP contribution in [0.4, 0.5) is 0 Å². The van der Waals surface area contributed by atoms with Crippen LogP contribution in [0, 0.1) is 0 Å². The molecule has 1 aromatic rings. The van der Waals surface area contributed by atoms with Gasteiger partial charge in [0, 0.05) is 25.8 Å². The molecule has 1 amide bonds. The highest BCUT2D eigenvalue weighted by Crippen LogP contribution is 2.04. The van der Waals surface area contributed by atoms with Crippen molar-refractivity contribution in [2.24, 2.45) is 7.05 Å². The number of carbonyl (C=O) groups is 1. The van der Waals surface area contributed by atoms with Crippen LogP contribution in [0.5, 0.6) is 0 Å². The summed E-state index contributed by atoms with van der Waals surface area (Å²) in [6.07, 6.45) is 4.09. The van der Waals surface area contributed by atoms with Gasteiger partial charge < -0.3 is 15.2 Å². The maximum Gasteiger partial charge on any atom is 0.268 e. The van der Waals surface area contributed by atoms with Gasteiger partial charge in [-0.05, 0) is 31.5 Å². The Hall–Kier alpha value is -1.00. The van der Waals surface area contributed by atoms with E-state index in [0.717, 1.165) is 31.6 Å². The molecule has 1 saturated heterocycles. The Morgan fingerprint density at radius 2 is 2.44 bits per heavy atom. The maximum absolute atomic E-state index is 11.8. The molecule has 1 fully saturated rings. The van der Waals surface area contributed by atoms with E-state index in [2.05, 4.69) is 10.6 Å². The van der Waals surface area contributed by atoms with Gasteiger partial charge in [0.2, 0.25) is 0 Å². The summed E-state index contributed by atoms with van der Waals surface area (Å²) in [5, 5.41) is 6.32. The molecule has 0 aliphatic carbocycles. The average molecular weight is 244 g/mol. The van der Waals surface area contributed by atoms with Crippen LogP contribution in [0.1, 0.15) is 23.3 Å². The van der Waals surface area contributed by atoms with Crippen LogP contribution < -0.4 is 10.6 Å². The van der Waals surface area contributed by atoms with E-state index in [0.29, 0.717) is 0 Å². The number of rotatable bonds is 2. The first kappa shape index (κ1) is 13.1. The number of nitrogens with one attached hydrogen (secondary N) is 2. The zero-order valence-electron chi connectivity index (χ0n) is 9.40. The molecule has 1 aliphatic heterocycles. The van der Waals surface area contributed by atoms with Crippen molar-refractivity contribution in [3.63, 3.8) is 0 Å². The normalized spacial score (nSPS) is 19.9. The number of piperidine rings is 1. The van der Waals surface area contributed by atoms with Gasteiger partial charge in [0.05, 0.1) is 0 Å². The number of carbonyl (C=O) groups excluding carboxylic acids is 1. The number of aryl methyl sites for hydroxylation is 1. The Morgan fingerprint density at radius 3 is 3.00 bits per heavy atom. The Balaban J connectivity index is 0.00000128. The SMILES string of the molecule is Cl.Cn1cccc1C(=O)N[C@H]1CCCNC1. The lowest BCUT2D eigenvalue weighted by atomic mass is 10.1. The van der Waals surface area contributed by atoms with E-state index < -0.39 is 0 Å². The lowest BCUT2D eigenvalue weighted by Gasteiger charge is -2.23. The van der Waals surface area contributed by atoms with E-state index in [1.807, 2.05) is 29.9 Å². The highest BCUT2D eigenvalue weighted by atomic mass is 35.5. The van der Waals surface area contributed by atoms with E-state index in [1.165, 1.54) is 0 Å². The van der Waals surface area contributed by atoms with Gasteiger partial charge in [-0.3, -0.25) is 4.79 Å². The summed E-state index contributed by atoms with van der Waals surface area (Å²) >= 11 is 0. The molecule has 2 N–H and O–H groups in total. The number of halogens is 1. The quantitative estimate of drug-likeness (QED) is 0.812. The second-order valence-electron chi connectivity index (χ2n) is 4.02. The number of hydrogen-bond donors (Lipinski definition) is 2. The van der Waals surface area contributed by atoms with Crippen molar-refractivity contribution < 1.29 is 4.79 Å². The molecule has 0 saturated carbocycles. The third-order valence-electron chi connectivity index (χ3n) is 2.81. The molecule has 1 atom stereocenters. The van der Waals surface area contributed by atoms with Crippen LogP contribution >= 0.6 is 12.4 Å². The van der Waals surface area contributed by atoms with Gasteiger partial charge in [0.15, 0.2) is 0 Å². The standard InChI is InChI=1S/C11H17N3O.ClH/c1-14-7-3-5-10(14)11(15)13-9-4-2-6-12-8-9;/h3,5,7,9,12H,2,4,6,8H2,1H3,(H,13,15);1H/t9-;/m0./s1. The molecule has 0 aromatic carbocycles. The summed E-state index contributed by atoms with van der Waals surface area (Å²) in [4.78, 5) is 11.8. The molecule has 1 aromatic heterocycles. The number of hydrogen-bond acceptors (Lipinski definition) is 2. The molecule has 0 bridgehead atoms. The van der Waals surface area contributed by atoms with Crippen LogP contribution in [-0.4, -0.2) is 29.6 Å². The molecule has 0 unspecified atom stereocenters. The largest absolute Gasteiger partial charge is 0.347 e. The predicted octanol–water partition coefficient (Wildman–Crippen LogP) is 0.929. The fraction of sp³-hybridized carbons (Fsp3) is 0.545. The summed E-state index contributed by atoms with van der Waals surface area (Å²) in [6.45, 7) is 1.95. The lowest BCUT2D eigenvalue weighted by Crippen LogP contribution is -2.45. The van der Waals surface area contributed by atoms with Crippen molar-refractivity contribution in [1.29, 1.82) is 0 Å². The first-order valence-corrected chi connectivity index (χ1v) is 5.40. The van der Waals surface area contributed by atoms with Crippen LogP contribution in [-0.2, 0) is 7.05 Å². The molecule has 90 valence electrons. The van der Waals surface area contributed by atoms with Crippen LogP contribution in [0.25, 0.3) is 0 Å². The maximum atomic E-state index is 11.8. The third kappa shape index (κ3) is 3.00. The zero-order chi connectivity index (χ0) is 10.7. The average Bonchev–Trinajstić information content (AvgIpc) is 2.66. The smallest absolute Gasteiger partial charge is 0.268 e. The molecule has 16 heavy (non-hydrogen) atoms. The van der Waals surface area contributed by atoms with Crippen molar-refractivity contribution in [2.45, 2.75) is 18.9 Å². The minimum atomic E-state index is 0. The number of amides is 1. The molecular weight excluding hydrogens is 226 g/mol. The highest BCUT2D eigenvalue weighted by Gasteiger charge is 2.17. The van der Waals surface area contributed by atoms with E-state index >= 15 is 0 Å².